The molecule has 1 saturated heterocycles. The van der Waals surface area contributed by atoms with Crippen LogP contribution in [-0.4, -0.2) is 34.6 Å². The summed E-state index contributed by atoms with van der Waals surface area (Å²) < 4.78 is 0. The van der Waals surface area contributed by atoms with Crippen molar-refractivity contribution in [3.63, 3.8) is 0 Å². The Morgan fingerprint density at radius 3 is 2.62 bits per heavy atom. The van der Waals surface area contributed by atoms with E-state index in [0.717, 1.165) is 23.8 Å². The molecule has 21 heavy (non-hydrogen) atoms. The molecule has 1 aliphatic carbocycles. The number of aliphatic hydroxyl groups is 1. The number of amides is 1. The van der Waals surface area contributed by atoms with Crippen molar-refractivity contribution in [1.29, 1.82) is 0 Å². The number of hydrogen-bond donors (Lipinski definition) is 1. The molecule has 1 amide bonds. The summed E-state index contributed by atoms with van der Waals surface area (Å²) in [7, 11) is 0. The lowest BCUT2D eigenvalue weighted by Gasteiger charge is -2.47. The van der Waals surface area contributed by atoms with E-state index in [1.807, 2.05) is 24.3 Å². The second kappa shape index (κ2) is 4.57. The SMILES string of the molecule is O=C(Cc1cccc2ccccc12)N1CC(O)(C2CC2)C1. The molecule has 4 rings (SSSR count). The highest BCUT2D eigenvalue weighted by Gasteiger charge is 2.53. The fourth-order valence-electron chi connectivity index (χ4n) is 3.39. The molecule has 3 nitrogen and oxygen atoms in total. The molecular weight excluding hydrogens is 262 g/mol. The zero-order valence-corrected chi connectivity index (χ0v) is 12.0. The van der Waals surface area contributed by atoms with Crippen LogP contribution in [0.15, 0.2) is 42.5 Å². The molecule has 0 aromatic heterocycles. The van der Waals surface area contributed by atoms with Crippen molar-refractivity contribution >= 4 is 16.7 Å². The average molecular weight is 281 g/mol. The van der Waals surface area contributed by atoms with Crippen LogP contribution in [0.1, 0.15) is 18.4 Å². The largest absolute Gasteiger partial charge is 0.386 e. The van der Waals surface area contributed by atoms with Gasteiger partial charge in [-0.2, -0.15) is 0 Å². The molecule has 0 radical (unpaired) electrons. The highest BCUT2D eigenvalue weighted by atomic mass is 16.3. The first-order valence-electron chi connectivity index (χ1n) is 7.62. The average Bonchev–Trinajstić information content (AvgIpc) is 3.29. The highest BCUT2D eigenvalue weighted by Crippen LogP contribution is 2.44. The van der Waals surface area contributed by atoms with Gasteiger partial charge < -0.3 is 10.0 Å². The van der Waals surface area contributed by atoms with Gasteiger partial charge in [0.25, 0.3) is 0 Å². The number of β-amino-alcohol motifs (C(OH)–C–C–N with tert-alkyl or cyclic N) is 1. The lowest BCUT2D eigenvalue weighted by molar-refractivity contribution is -0.158. The van der Waals surface area contributed by atoms with E-state index in [2.05, 4.69) is 18.2 Å². The number of likely N-dealkylation sites (tertiary alicyclic amines) is 1. The van der Waals surface area contributed by atoms with Gasteiger partial charge in [0.2, 0.25) is 5.91 Å². The van der Waals surface area contributed by atoms with Crippen LogP contribution >= 0.6 is 0 Å². The third-order valence-corrected chi connectivity index (χ3v) is 4.84. The zero-order chi connectivity index (χ0) is 14.4. The summed E-state index contributed by atoms with van der Waals surface area (Å²) in [6.45, 7) is 1.03. The molecule has 1 N–H and O–H groups in total. The summed E-state index contributed by atoms with van der Waals surface area (Å²) in [6, 6.07) is 14.2. The molecule has 1 saturated carbocycles. The Balaban J connectivity index is 1.49. The normalized spacial score (nSPS) is 20.3. The van der Waals surface area contributed by atoms with Crippen molar-refractivity contribution in [2.45, 2.75) is 24.9 Å². The molecular formula is C18H19NO2. The van der Waals surface area contributed by atoms with E-state index in [1.54, 1.807) is 4.90 Å². The van der Waals surface area contributed by atoms with E-state index in [-0.39, 0.29) is 5.91 Å². The Labute approximate surface area is 124 Å². The van der Waals surface area contributed by atoms with Gasteiger partial charge in [-0.05, 0) is 35.1 Å². The molecule has 108 valence electrons. The number of rotatable bonds is 3. The fraction of sp³-hybridized carbons (Fsp3) is 0.389. The van der Waals surface area contributed by atoms with Crippen LogP contribution in [0.2, 0.25) is 0 Å². The quantitative estimate of drug-likeness (QED) is 0.938. The van der Waals surface area contributed by atoms with Crippen LogP contribution in [0.3, 0.4) is 0 Å². The molecule has 0 spiro atoms. The number of nitrogens with zero attached hydrogens (tertiary/aromatic N) is 1. The minimum Gasteiger partial charge on any atom is -0.386 e. The highest BCUT2D eigenvalue weighted by molar-refractivity contribution is 5.90. The lowest BCUT2D eigenvalue weighted by atomic mass is 9.88. The van der Waals surface area contributed by atoms with E-state index in [9.17, 15) is 9.90 Å². The molecule has 1 heterocycles. The van der Waals surface area contributed by atoms with Gasteiger partial charge in [0.15, 0.2) is 0 Å². The molecule has 1 aliphatic heterocycles. The summed E-state index contributed by atoms with van der Waals surface area (Å²) in [4.78, 5) is 14.2. The maximum absolute atomic E-state index is 12.4. The maximum atomic E-state index is 12.4. The van der Waals surface area contributed by atoms with Gasteiger partial charge in [0.05, 0.1) is 19.5 Å². The van der Waals surface area contributed by atoms with E-state index < -0.39 is 5.60 Å². The third kappa shape index (κ3) is 2.22. The first-order valence-corrected chi connectivity index (χ1v) is 7.62. The van der Waals surface area contributed by atoms with Crippen LogP contribution in [0.5, 0.6) is 0 Å². The standard InChI is InChI=1S/C18H19NO2/c20-17(19-11-18(21,12-19)15-8-9-15)10-14-6-3-5-13-4-1-2-7-16(13)14/h1-7,15,21H,8-12H2. The lowest BCUT2D eigenvalue weighted by Crippen LogP contribution is -2.65. The van der Waals surface area contributed by atoms with E-state index in [4.69, 9.17) is 0 Å². The predicted molar refractivity (Wildman–Crippen MR) is 81.9 cm³/mol. The summed E-state index contributed by atoms with van der Waals surface area (Å²) in [5.74, 6) is 0.552. The van der Waals surface area contributed by atoms with Crippen molar-refractivity contribution in [2.75, 3.05) is 13.1 Å². The Morgan fingerprint density at radius 1 is 1.14 bits per heavy atom. The molecule has 2 aromatic carbocycles. The molecule has 2 aromatic rings. The number of carbonyl (C=O) groups is 1. The zero-order valence-electron chi connectivity index (χ0n) is 12.0. The third-order valence-electron chi connectivity index (χ3n) is 4.84. The van der Waals surface area contributed by atoms with Crippen molar-refractivity contribution in [3.8, 4) is 0 Å². The van der Waals surface area contributed by atoms with E-state index in [0.29, 0.717) is 25.4 Å². The van der Waals surface area contributed by atoms with Crippen LogP contribution < -0.4 is 0 Å². The Kier molecular flexibility index (Phi) is 2.79. The maximum Gasteiger partial charge on any atom is 0.227 e. The van der Waals surface area contributed by atoms with Crippen LogP contribution in [-0.2, 0) is 11.2 Å². The molecule has 0 atom stereocenters. The number of carbonyl (C=O) groups excluding carboxylic acids is 1. The first kappa shape index (κ1) is 12.8. The predicted octanol–water partition coefficient (Wildman–Crippen LogP) is 2.37. The Bertz CT molecular complexity index is 694. The van der Waals surface area contributed by atoms with Gasteiger partial charge in [-0.1, -0.05) is 42.5 Å². The Hall–Kier alpha value is -1.87. The smallest absolute Gasteiger partial charge is 0.227 e. The molecule has 3 heteroatoms. The van der Waals surface area contributed by atoms with E-state index in [1.165, 1.54) is 5.39 Å². The molecule has 0 unspecified atom stereocenters. The summed E-state index contributed by atoms with van der Waals surface area (Å²) in [6.07, 6.45) is 2.64. The van der Waals surface area contributed by atoms with E-state index >= 15 is 0 Å². The van der Waals surface area contributed by atoms with Gasteiger partial charge in [-0.15, -0.1) is 0 Å². The van der Waals surface area contributed by atoms with Gasteiger partial charge in [-0.3, -0.25) is 4.79 Å². The van der Waals surface area contributed by atoms with Gasteiger partial charge in [-0.25, -0.2) is 0 Å². The minimum absolute atomic E-state index is 0.122. The molecule has 0 bridgehead atoms. The summed E-state index contributed by atoms with van der Waals surface area (Å²) >= 11 is 0. The fourth-order valence-corrected chi connectivity index (χ4v) is 3.39. The first-order chi connectivity index (χ1) is 10.2. The second-order valence-corrected chi connectivity index (χ2v) is 6.44. The molecule has 2 aliphatic rings. The number of fused-ring (bicyclic) bond motifs is 1. The summed E-state index contributed by atoms with van der Waals surface area (Å²) in [5, 5.41) is 12.6. The second-order valence-electron chi connectivity index (χ2n) is 6.44. The Morgan fingerprint density at radius 2 is 1.86 bits per heavy atom. The van der Waals surface area contributed by atoms with Crippen LogP contribution in [0.25, 0.3) is 10.8 Å². The van der Waals surface area contributed by atoms with Crippen molar-refractivity contribution in [3.05, 3.63) is 48.0 Å². The van der Waals surface area contributed by atoms with Gasteiger partial charge in [0, 0.05) is 0 Å². The minimum atomic E-state index is -0.589. The molecule has 2 fully saturated rings. The van der Waals surface area contributed by atoms with Crippen molar-refractivity contribution in [2.24, 2.45) is 5.92 Å². The monoisotopic (exact) mass is 281 g/mol. The van der Waals surface area contributed by atoms with Crippen molar-refractivity contribution in [1.82, 2.24) is 4.90 Å². The van der Waals surface area contributed by atoms with Gasteiger partial charge in [0.1, 0.15) is 5.60 Å². The number of benzene rings is 2. The van der Waals surface area contributed by atoms with Crippen molar-refractivity contribution < 1.29 is 9.90 Å². The van der Waals surface area contributed by atoms with Gasteiger partial charge >= 0.3 is 0 Å². The van der Waals surface area contributed by atoms with Crippen LogP contribution in [0.4, 0.5) is 0 Å². The number of hydrogen-bond acceptors (Lipinski definition) is 2. The summed E-state index contributed by atoms with van der Waals surface area (Å²) in [5.41, 5.74) is 0.481. The topological polar surface area (TPSA) is 40.5 Å². The van der Waals surface area contributed by atoms with Crippen LogP contribution in [0, 0.1) is 5.92 Å².